The maximum atomic E-state index is 5.58. The van der Waals surface area contributed by atoms with Gasteiger partial charge in [-0.25, -0.2) is 0 Å². The van der Waals surface area contributed by atoms with Crippen molar-refractivity contribution in [2.24, 2.45) is 0 Å². The van der Waals surface area contributed by atoms with Crippen molar-refractivity contribution in [3.8, 4) is 0 Å². The summed E-state index contributed by atoms with van der Waals surface area (Å²) in [5, 5.41) is 0. The molecule has 0 fully saturated rings. The van der Waals surface area contributed by atoms with E-state index in [1.54, 1.807) is 0 Å². The van der Waals surface area contributed by atoms with Crippen molar-refractivity contribution in [3.63, 3.8) is 0 Å². The van der Waals surface area contributed by atoms with Gasteiger partial charge in [-0.3, -0.25) is 0 Å². The molecule has 0 saturated heterocycles. The molecule has 1 radical (unpaired) electrons. The Morgan fingerprint density at radius 1 is 0.917 bits per heavy atom. The topological polar surface area (TPSA) is 0 Å². The van der Waals surface area contributed by atoms with Crippen LogP contribution in [0.1, 0.15) is 0 Å². The number of hydrogen-bond donors (Lipinski definition) is 0. The van der Waals surface area contributed by atoms with Gasteiger partial charge in [0.15, 0.2) is 0 Å². The van der Waals surface area contributed by atoms with E-state index in [1.165, 1.54) is 0 Å². The van der Waals surface area contributed by atoms with E-state index in [0.29, 0.717) is 0 Å². The van der Waals surface area contributed by atoms with Gasteiger partial charge in [-0.05, 0) is 77.1 Å². The number of hydrogen-bond acceptors (Lipinski definition) is 3. The molecule has 0 aliphatic carbocycles. The summed E-state index contributed by atoms with van der Waals surface area (Å²) in [6.07, 6.45) is 0. The van der Waals surface area contributed by atoms with Gasteiger partial charge in [0.05, 0.1) is 0 Å². The Bertz CT molecular complexity index is 211. The lowest BCUT2D eigenvalue weighted by Gasteiger charge is -2.00. The Kier molecular flexibility index (Phi) is 5.41. The molecule has 0 aliphatic rings. The largest absolute Gasteiger partial charge is 0.0387 e. The molecule has 0 aliphatic heterocycles. The predicted molar refractivity (Wildman–Crippen MR) is 60.4 cm³/mol. The van der Waals surface area contributed by atoms with Gasteiger partial charge in [-0.15, -0.1) is 0 Å². The predicted octanol–water partition coefficient (Wildman–Crippen LogP) is 5.22. The third-order valence-corrected chi connectivity index (χ3v) is 3.77. The molecule has 12 heavy (non-hydrogen) atoms. The zero-order chi connectivity index (χ0) is 8.97. The van der Waals surface area contributed by atoms with Crippen molar-refractivity contribution in [2.75, 3.05) is 0 Å². The second kappa shape index (κ2) is 5.78. The minimum Gasteiger partial charge on any atom is -0.0387 e. The Morgan fingerprint density at radius 3 is 1.75 bits per heavy atom. The summed E-state index contributed by atoms with van der Waals surface area (Å²) in [5.74, 6) is 0. The van der Waals surface area contributed by atoms with Gasteiger partial charge in [-0.1, -0.05) is 0 Å². The third-order valence-electron chi connectivity index (χ3n) is 1.05. The van der Waals surface area contributed by atoms with Gasteiger partial charge in [-0.2, -0.15) is 0 Å². The van der Waals surface area contributed by atoms with Crippen LogP contribution in [0.15, 0.2) is 26.8 Å². The zero-order valence-corrected chi connectivity index (χ0v) is 10.2. The highest BCUT2D eigenvalue weighted by molar-refractivity contribution is 8.22. The van der Waals surface area contributed by atoms with Gasteiger partial charge < -0.3 is 0 Å². The van der Waals surface area contributed by atoms with Gasteiger partial charge in [0.25, 0.3) is 0 Å². The van der Waals surface area contributed by atoms with Gasteiger partial charge in [0, 0.05) is 20.8 Å². The molecule has 0 aromatic heterocycles. The van der Waals surface area contributed by atoms with Crippen molar-refractivity contribution in [1.29, 1.82) is 0 Å². The fraction of sp³-hybridized carbons (Fsp3) is 0. The van der Waals surface area contributed by atoms with E-state index in [1.807, 2.05) is 12.1 Å². The molecule has 1 aromatic carbocycles. The molecule has 65 valence electrons. The van der Waals surface area contributed by atoms with Gasteiger partial charge >= 0.3 is 0 Å². The summed E-state index contributed by atoms with van der Waals surface area (Å²) in [7, 11) is 20.1. The van der Waals surface area contributed by atoms with E-state index in [2.05, 4.69) is 6.07 Å². The van der Waals surface area contributed by atoms with Gasteiger partial charge in [0.1, 0.15) is 0 Å². The lowest BCUT2D eigenvalue weighted by molar-refractivity contribution is 1.23. The first-order valence-electron chi connectivity index (χ1n) is 2.73. The number of rotatable bonds is 3. The quantitative estimate of drug-likeness (QED) is 0.742. The van der Waals surface area contributed by atoms with Crippen LogP contribution < -0.4 is 0 Å². The van der Waals surface area contributed by atoms with Crippen LogP contribution in [0, 0.1) is 6.07 Å². The highest BCUT2D eigenvalue weighted by atomic mass is 35.7. The SMILES string of the molecule is ClSc1[c]c(SCl)cc(SCl)c1. The van der Waals surface area contributed by atoms with Crippen LogP contribution in [0.5, 0.6) is 0 Å². The first-order chi connectivity index (χ1) is 5.80. The van der Waals surface area contributed by atoms with E-state index < -0.39 is 0 Å². The Hall–Kier alpha value is 1.14. The molecular formula is C6H2Cl3S3. The average Bonchev–Trinajstić information content (AvgIpc) is 2.16. The Morgan fingerprint density at radius 2 is 1.42 bits per heavy atom. The van der Waals surface area contributed by atoms with E-state index in [4.69, 9.17) is 32.0 Å². The lowest BCUT2D eigenvalue weighted by atomic mass is 10.4. The molecule has 0 N–H and O–H groups in total. The average molecular weight is 277 g/mol. The first kappa shape index (κ1) is 11.2. The molecule has 0 saturated carbocycles. The summed E-state index contributed by atoms with van der Waals surface area (Å²) in [4.78, 5) is 2.57. The summed E-state index contributed by atoms with van der Waals surface area (Å²) in [6, 6.07) is 6.71. The highest BCUT2D eigenvalue weighted by Crippen LogP contribution is 2.34. The highest BCUT2D eigenvalue weighted by Gasteiger charge is 2.01. The summed E-state index contributed by atoms with van der Waals surface area (Å²) in [6.45, 7) is 0. The van der Waals surface area contributed by atoms with Crippen molar-refractivity contribution in [2.45, 2.75) is 14.7 Å². The molecule has 0 amide bonds. The molecular weight excluding hydrogens is 275 g/mol. The van der Waals surface area contributed by atoms with E-state index in [9.17, 15) is 0 Å². The van der Waals surface area contributed by atoms with E-state index >= 15 is 0 Å². The summed E-state index contributed by atoms with van der Waals surface area (Å²) < 4.78 is 0. The fourth-order valence-corrected chi connectivity index (χ4v) is 2.57. The number of benzene rings is 1. The van der Waals surface area contributed by atoms with Crippen LogP contribution in [-0.4, -0.2) is 0 Å². The van der Waals surface area contributed by atoms with E-state index in [-0.39, 0.29) is 0 Å². The number of halogens is 3. The lowest BCUT2D eigenvalue weighted by Crippen LogP contribution is -1.74. The van der Waals surface area contributed by atoms with E-state index in [0.717, 1.165) is 47.6 Å². The fourth-order valence-electron chi connectivity index (χ4n) is 0.621. The maximum Gasteiger partial charge on any atom is 0.0335 e. The minimum absolute atomic E-state index is 0.825. The zero-order valence-electron chi connectivity index (χ0n) is 5.51. The summed E-state index contributed by atoms with van der Waals surface area (Å²) >= 11 is 0. The molecule has 0 nitrogen and oxygen atoms in total. The van der Waals surface area contributed by atoms with Crippen LogP contribution in [0.3, 0.4) is 0 Å². The minimum atomic E-state index is 0.825. The van der Waals surface area contributed by atoms with Crippen LogP contribution in [0.4, 0.5) is 0 Å². The normalized spacial score (nSPS) is 10.2. The molecule has 0 spiro atoms. The Balaban J connectivity index is 3.01. The van der Waals surface area contributed by atoms with Crippen LogP contribution in [0.2, 0.25) is 0 Å². The van der Waals surface area contributed by atoms with Crippen molar-refractivity contribution < 1.29 is 0 Å². The second-order valence-electron chi connectivity index (χ2n) is 1.78. The third kappa shape index (κ3) is 3.13. The monoisotopic (exact) mass is 275 g/mol. The maximum absolute atomic E-state index is 5.58. The van der Waals surface area contributed by atoms with Gasteiger partial charge in [0.2, 0.25) is 0 Å². The molecule has 0 bridgehead atoms. The molecule has 0 atom stereocenters. The standard InChI is InChI=1S/C6H2Cl3S3/c7-10-4-1-5(11-8)3-6(2-4)12-9/h1-2H. The second-order valence-corrected chi connectivity index (χ2v) is 4.98. The molecule has 0 heterocycles. The molecule has 0 unspecified atom stereocenters. The van der Waals surface area contributed by atoms with Crippen molar-refractivity contribution >= 4 is 65.0 Å². The first-order valence-corrected chi connectivity index (χ1v) is 7.66. The van der Waals surface area contributed by atoms with Crippen LogP contribution >= 0.6 is 65.0 Å². The van der Waals surface area contributed by atoms with Crippen LogP contribution in [-0.2, 0) is 0 Å². The smallest absolute Gasteiger partial charge is 0.0335 e. The van der Waals surface area contributed by atoms with Crippen molar-refractivity contribution in [1.82, 2.24) is 0 Å². The molecule has 1 rings (SSSR count). The Labute approximate surface area is 97.2 Å². The van der Waals surface area contributed by atoms with Crippen LogP contribution in [0.25, 0.3) is 0 Å². The summed E-state index contributed by atoms with van der Waals surface area (Å²) in [5.41, 5.74) is 0. The molecule has 1 aromatic rings. The molecule has 6 heteroatoms. The van der Waals surface area contributed by atoms with Crippen molar-refractivity contribution in [3.05, 3.63) is 18.2 Å².